The van der Waals surface area contributed by atoms with E-state index < -0.39 is 11.7 Å². The number of pyridine rings is 2. The normalized spacial score (nSPS) is 12.2. The smallest absolute Gasteiger partial charge is 0.416 e. The molecule has 0 aliphatic carbocycles. The fourth-order valence-corrected chi connectivity index (χ4v) is 3.39. The number of halogens is 3. The number of thioether (sulfide) groups is 1. The van der Waals surface area contributed by atoms with E-state index in [1.807, 2.05) is 37.3 Å². The van der Waals surface area contributed by atoms with Crippen molar-refractivity contribution in [3.63, 3.8) is 0 Å². The van der Waals surface area contributed by atoms with Gasteiger partial charge >= 0.3 is 6.18 Å². The van der Waals surface area contributed by atoms with Crippen molar-refractivity contribution in [2.45, 2.75) is 18.0 Å². The molecule has 1 aromatic carbocycles. The van der Waals surface area contributed by atoms with E-state index in [1.165, 1.54) is 0 Å². The van der Waals surface area contributed by atoms with Crippen LogP contribution in [-0.4, -0.2) is 20.7 Å². The number of oxazole rings is 1. The average molecular weight is 375 g/mol. The fraction of sp³-hybridized carbons (Fsp3) is 0.167. The highest BCUT2D eigenvalue weighted by Crippen LogP contribution is 2.35. The topological polar surface area (TPSA) is 51.8 Å². The summed E-state index contributed by atoms with van der Waals surface area (Å²) in [6.07, 6.45) is -3.74. The molecule has 0 radical (unpaired) electrons. The summed E-state index contributed by atoms with van der Waals surface area (Å²) in [7, 11) is 0. The SMILES string of the molecule is CCSc1cc2ccccc2nc1-c1nc2cc(C(F)(F)F)cnc2o1. The lowest BCUT2D eigenvalue weighted by Crippen LogP contribution is -2.04. The van der Waals surface area contributed by atoms with Gasteiger partial charge in [-0.15, -0.1) is 11.8 Å². The minimum absolute atomic E-state index is 0.0513. The van der Waals surface area contributed by atoms with E-state index in [2.05, 4.69) is 15.0 Å². The van der Waals surface area contributed by atoms with Gasteiger partial charge < -0.3 is 4.42 Å². The molecule has 0 saturated carbocycles. The molecular weight excluding hydrogens is 363 g/mol. The molecule has 4 aromatic rings. The Balaban J connectivity index is 1.89. The lowest BCUT2D eigenvalue weighted by Gasteiger charge is -2.06. The highest BCUT2D eigenvalue weighted by molar-refractivity contribution is 7.99. The van der Waals surface area contributed by atoms with Crippen molar-refractivity contribution in [1.82, 2.24) is 15.0 Å². The monoisotopic (exact) mass is 375 g/mol. The number of alkyl halides is 3. The lowest BCUT2D eigenvalue weighted by atomic mass is 10.2. The van der Waals surface area contributed by atoms with E-state index in [-0.39, 0.29) is 17.1 Å². The van der Waals surface area contributed by atoms with Crippen LogP contribution in [0.4, 0.5) is 13.2 Å². The number of aromatic nitrogens is 3. The van der Waals surface area contributed by atoms with E-state index in [1.54, 1.807) is 11.8 Å². The standard InChI is InChI=1S/C18H12F3N3OS/c1-2-26-14-7-10-5-3-4-6-12(10)23-15(14)17-24-13-8-11(18(19,20)21)9-22-16(13)25-17/h3-9H,2H2,1H3. The molecule has 4 nitrogen and oxygen atoms in total. The number of para-hydroxylation sites is 1. The average Bonchev–Trinajstić information content (AvgIpc) is 3.03. The lowest BCUT2D eigenvalue weighted by molar-refractivity contribution is -0.137. The van der Waals surface area contributed by atoms with Gasteiger partial charge in [0.05, 0.1) is 11.1 Å². The first kappa shape index (κ1) is 16.8. The van der Waals surface area contributed by atoms with E-state index in [9.17, 15) is 13.2 Å². The minimum Gasteiger partial charge on any atom is -0.416 e. The molecule has 0 aliphatic heterocycles. The van der Waals surface area contributed by atoms with Crippen LogP contribution in [0, 0.1) is 0 Å². The Hall–Kier alpha value is -2.61. The number of benzene rings is 1. The largest absolute Gasteiger partial charge is 0.417 e. The Bertz CT molecular complexity index is 1110. The molecule has 0 spiro atoms. The van der Waals surface area contributed by atoms with Gasteiger partial charge in [-0.25, -0.2) is 15.0 Å². The van der Waals surface area contributed by atoms with Crippen LogP contribution in [-0.2, 0) is 6.18 Å². The van der Waals surface area contributed by atoms with Gasteiger partial charge in [0.2, 0.25) is 11.6 Å². The third kappa shape index (κ3) is 3.01. The minimum atomic E-state index is -4.48. The molecule has 0 bridgehead atoms. The number of hydrogen-bond donors (Lipinski definition) is 0. The van der Waals surface area contributed by atoms with Crippen LogP contribution in [0.3, 0.4) is 0 Å². The second-order valence-corrected chi connectivity index (χ2v) is 6.83. The highest BCUT2D eigenvalue weighted by atomic mass is 32.2. The van der Waals surface area contributed by atoms with Gasteiger partial charge in [-0.1, -0.05) is 25.1 Å². The summed E-state index contributed by atoms with van der Waals surface area (Å²) >= 11 is 1.57. The van der Waals surface area contributed by atoms with E-state index >= 15 is 0 Å². The van der Waals surface area contributed by atoms with Gasteiger partial charge in [0.1, 0.15) is 11.2 Å². The number of hydrogen-bond acceptors (Lipinski definition) is 5. The van der Waals surface area contributed by atoms with Crippen LogP contribution in [0.25, 0.3) is 33.7 Å². The summed E-state index contributed by atoms with van der Waals surface area (Å²) in [5, 5.41) is 0.973. The first-order chi connectivity index (χ1) is 12.5. The van der Waals surface area contributed by atoms with Crippen molar-refractivity contribution < 1.29 is 17.6 Å². The Morgan fingerprint density at radius 3 is 2.65 bits per heavy atom. The van der Waals surface area contributed by atoms with Crippen molar-refractivity contribution in [1.29, 1.82) is 0 Å². The molecule has 0 atom stereocenters. The quantitative estimate of drug-likeness (QED) is 0.438. The van der Waals surface area contributed by atoms with Crippen molar-refractivity contribution in [3.8, 4) is 11.6 Å². The fourth-order valence-electron chi connectivity index (χ4n) is 2.59. The maximum Gasteiger partial charge on any atom is 0.417 e. The third-order valence-electron chi connectivity index (χ3n) is 3.77. The summed E-state index contributed by atoms with van der Waals surface area (Å²) in [5.74, 6) is 0.970. The Morgan fingerprint density at radius 1 is 1.08 bits per heavy atom. The third-order valence-corrected chi connectivity index (χ3v) is 4.68. The zero-order valence-electron chi connectivity index (χ0n) is 13.5. The molecule has 0 amide bonds. The molecule has 0 fully saturated rings. The number of fused-ring (bicyclic) bond motifs is 2. The van der Waals surface area contributed by atoms with Crippen LogP contribution in [0.2, 0.25) is 0 Å². The molecule has 8 heteroatoms. The van der Waals surface area contributed by atoms with Crippen molar-refractivity contribution in [2.75, 3.05) is 5.75 Å². The Kier molecular flexibility index (Phi) is 4.07. The molecule has 0 unspecified atom stereocenters. The van der Waals surface area contributed by atoms with Gasteiger partial charge in [-0.3, -0.25) is 0 Å². The maximum absolute atomic E-state index is 12.9. The van der Waals surface area contributed by atoms with Crippen LogP contribution in [0.1, 0.15) is 12.5 Å². The van der Waals surface area contributed by atoms with E-state index in [0.717, 1.165) is 33.8 Å². The van der Waals surface area contributed by atoms with Crippen LogP contribution < -0.4 is 0 Å². The summed E-state index contributed by atoms with van der Waals surface area (Å²) < 4.78 is 44.2. The number of nitrogens with zero attached hydrogens (tertiary/aromatic N) is 3. The molecule has 26 heavy (non-hydrogen) atoms. The molecule has 132 valence electrons. The molecule has 3 aromatic heterocycles. The van der Waals surface area contributed by atoms with E-state index in [4.69, 9.17) is 4.42 Å². The van der Waals surface area contributed by atoms with Crippen LogP contribution in [0.5, 0.6) is 0 Å². The molecule has 0 aliphatic rings. The molecule has 4 rings (SSSR count). The second-order valence-electron chi connectivity index (χ2n) is 5.53. The Morgan fingerprint density at radius 2 is 1.88 bits per heavy atom. The second kappa shape index (κ2) is 6.28. The van der Waals surface area contributed by atoms with Gasteiger partial charge in [-0.05, 0) is 24.0 Å². The first-order valence-corrected chi connectivity index (χ1v) is 8.81. The molecule has 3 heterocycles. The van der Waals surface area contributed by atoms with E-state index in [0.29, 0.717) is 5.69 Å². The van der Waals surface area contributed by atoms with Gasteiger partial charge in [0.15, 0.2) is 0 Å². The predicted octanol–water partition coefficient (Wildman–Crippen LogP) is 5.57. The molecule has 0 N–H and O–H groups in total. The van der Waals surface area contributed by atoms with Crippen LogP contribution >= 0.6 is 11.8 Å². The summed E-state index contributed by atoms with van der Waals surface area (Å²) in [5.41, 5.74) is 0.503. The molecule has 0 saturated heterocycles. The van der Waals surface area contributed by atoms with Gasteiger partial charge in [0, 0.05) is 16.5 Å². The molecular formula is C18H12F3N3OS. The zero-order chi connectivity index (χ0) is 18.3. The van der Waals surface area contributed by atoms with Gasteiger partial charge in [0.25, 0.3) is 0 Å². The first-order valence-electron chi connectivity index (χ1n) is 7.82. The number of rotatable bonds is 3. The van der Waals surface area contributed by atoms with Gasteiger partial charge in [-0.2, -0.15) is 13.2 Å². The summed E-state index contributed by atoms with van der Waals surface area (Å²) in [6.45, 7) is 2.01. The zero-order valence-corrected chi connectivity index (χ0v) is 14.4. The van der Waals surface area contributed by atoms with Crippen molar-refractivity contribution in [3.05, 3.63) is 48.2 Å². The summed E-state index contributed by atoms with van der Waals surface area (Å²) in [6, 6.07) is 10.5. The highest BCUT2D eigenvalue weighted by Gasteiger charge is 2.32. The Labute approximate surface area is 150 Å². The predicted molar refractivity (Wildman–Crippen MR) is 93.9 cm³/mol. The summed E-state index contributed by atoms with van der Waals surface area (Å²) in [4.78, 5) is 13.4. The van der Waals surface area contributed by atoms with Crippen molar-refractivity contribution in [2.24, 2.45) is 0 Å². The van der Waals surface area contributed by atoms with Crippen molar-refractivity contribution >= 4 is 33.9 Å². The van der Waals surface area contributed by atoms with Crippen LogP contribution in [0.15, 0.2) is 51.9 Å². The maximum atomic E-state index is 12.9.